The predicted molar refractivity (Wildman–Crippen MR) is 106 cm³/mol. The summed E-state index contributed by atoms with van der Waals surface area (Å²) in [6.07, 6.45) is 0. The molecule has 0 spiro atoms. The zero-order valence-electron chi connectivity index (χ0n) is 14.0. The van der Waals surface area contributed by atoms with Gasteiger partial charge >= 0.3 is 0 Å². The summed E-state index contributed by atoms with van der Waals surface area (Å²) in [6, 6.07) is 12.1. The molecule has 0 saturated carbocycles. The third-order valence-corrected chi connectivity index (χ3v) is 5.76. The summed E-state index contributed by atoms with van der Waals surface area (Å²) in [5.74, 6) is -0.683. The number of sulfonamides is 1. The third kappa shape index (κ3) is 3.12. The molecule has 7 nitrogen and oxygen atoms in total. The van der Waals surface area contributed by atoms with Crippen molar-refractivity contribution in [2.45, 2.75) is 4.90 Å². The average molecular weight is 418 g/mol. The van der Waals surface area contributed by atoms with Crippen LogP contribution >= 0.6 is 11.6 Å². The first kappa shape index (κ1) is 18.1. The molecule has 0 saturated heterocycles. The van der Waals surface area contributed by atoms with Gasteiger partial charge in [-0.2, -0.15) is 0 Å². The quantitative estimate of drug-likeness (QED) is 0.436. The zero-order chi connectivity index (χ0) is 20.1. The normalized spacial score (nSPS) is 11.8. The lowest BCUT2D eigenvalue weighted by atomic mass is 10.1. The first-order valence-corrected chi connectivity index (χ1v) is 9.82. The number of nitrogens with one attached hydrogen (secondary N) is 1. The van der Waals surface area contributed by atoms with Gasteiger partial charge in [0.25, 0.3) is 10.0 Å². The second-order valence-corrected chi connectivity index (χ2v) is 8.16. The maximum atomic E-state index is 12.8. The highest BCUT2D eigenvalue weighted by Gasteiger charge is 2.17. The molecule has 0 fully saturated rings. The molecule has 1 heterocycles. The van der Waals surface area contributed by atoms with Crippen molar-refractivity contribution in [2.24, 2.45) is 0 Å². The Balaban J connectivity index is 1.83. The van der Waals surface area contributed by atoms with Gasteiger partial charge in [-0.15, -0.1) is 0 Å². The number of phenols is 2. The fourth-order valence-electron chi connectivity index (χ4n) is 2.84. The van der Waals surface area contributed by atoms with E-state index in [1.54, 1.807) is 0 Å². The van der Waals surface area contributed by atoms with Crippen LogP contribution in [0.1, 0.15) is 0 Å². The summed E-state index contributed by atoms with van der Waals surface area (Å²) in [4.78, 5) is 12.8. The SMILES string of the molecule is O=c1c2cc(NS(=O)(=O)c3ccc(Cl)cc3)ccc2oc2cc(O)cc(O)c12. The van der Waals surface area contributed by atoms with Crippen LogP contribution < -0.4 is 10.2 Å². The van der Waals surface area contributed by atoms with Gasteiger partial charge in [-0.05, 0) is 42.5 Å². The largest absolute Gasteiger partial charge is 0.508 e. The van der Waals surface area contributed by atoms with Gasteiger partial charge < -0.3 is 14.6 Å². The predicted octanol–water partition coefficient (Wildman–Crippen LogP) is 3.81. The monoisotopic (exact) mass is 417 g/mol. The molecule has 4 rings (SSSR count). The van der Waals surface area contributed by atoms with Gasteiger partial charge in [0.15, 0.2) is 0 Å². The van der Waals surface area contributed by atoms with Crippen molar-refractivity contribution in [1.29, 1.82) is 0 Å². The van der Waals surface area contributed by atoms with E-state index in [1.165, 1.54) is 48.5 Å². The van der Waals surface area contributed by atoms with Crippen LogP contribution in [0.5, 0.6) is 11.5 Å². The highest BCUT2D eigenvalue weighted by Crippen LogP contribution is 2.30. The lowest BCUT2D eigenvalue weighted by Crippen LogP contribution is -2.13. The summed E-state index contributed by atoms with van der Waals surface area (Å²) in [6.45, 7) is 0. The van der Waals surface area contributed by atoms with Crippen LogP contribution in [-0.4, -0.2) is 18.6 Å². The van der Waals surface area contributed by atoms with Crippen molar-refractivity contribution < 1.29 is 23.0 Å². The van der Waals surface area contributed by atoms with Gasteiger partial charge in [-0.25, -0.2) is 8.42 Å². The number of aromatic hydroxyl groups is 2. The molecule has 0 amide bonds. The summed E-state index contributed by atoms with van der Waals surface area (Å²) < 4.78 is 33.0. The third-order valence-electron chi connectivity index (χ3n) is 4.11. The van der Waals surface area contributed by atoms with E-state index < -0.39 is 21.2 Å². The van der Waals surface area contributed by atoms with E-state index in [1.807, 2.05) is 0 Å². The Kier molecular flexibility index (Phi) is 4.17. The van der Waals surface area contributed by atoms with Crippen LogP contribution in [0.25, 0.3) is 21.9 Å². The number of benzene rings is 3. The molecule has 3 aromatic carbocycles. The molecule has 0 aliphatic rings. The molecule has 0 radical (unpaired) electrons. The summed E-state index contributed by atoms with van der Waals surface area (Å²) in [7, 11) is -3.89. The topological polar surface area (TPSA) is 117 Å². The van der Waals surface area contributed by atoms with Crippen molar-refractivity contribution in [3.8, 4) is 11.5 Å². The number of halogens is 1. The van der Waals surface area contributed by atoms with Gasteiger partial charge in [-0.1, -0.05) is 11.6 Å². The van der Waals surface area contributed by atoms with E-state index in [4.69, 9.17) is 16.0 Å². The molecule has 3 N–H and O–H groups in total. The molecular formula is C19H12ClNO6S. The minimum atomic E-state index is -3.89. The number of hydrogen-bond donors (Lipinski definition) is 3. The summed E-state index contributed by atoms with van der Waals surface area (Å²) >= 11 is 5.78. The van der Waals surface area contributed by atoms with Gasteiger partial charge in [0.2, 0.25) is 5.43 Å². The van der Waals surface area contributed by atoms with Crippen LogP contribution in [0, 0.1) is 0 Å². The minimum absolute atomic E-state index is 0.00987. The number of rotatable bonds is 3. The minimum Gasteiger partial charge on any atom is -0.508 e. The summed E-state index contributed by atoms with van der Waals surface area (Å²) in [5, 5.41) is 19.9. The van der Waals surface area contributed by atoms with Crippen LogP contribution in [0.15, 0.2) is 68.7 Å². The van der Waals surface area contributed by atoms with E-state index >= 15 is 0 Å². The van der Waals surface area contributed by atoms with Crippen molar-refractivity contribution >= 4 is 49.3 Å². The maximum Gasteiger partial charge on any atom is 0.261 e. The van der Waals surface area contributed by atoms with Gasteiger partial charge in [-0.3, -0.25) is 9.52 Å². The highest BCUT2D eigenvalue weighted by molar-refractivity contribution is 7.92. The molecule has 0 unspecified atom stereocenters. The van der Waals surface area contributed by atoms with Crippen molar-refractivity contribution in [1.82, 2.24) is 0 Å². The fraction of sp³-hybridized carbons (Fsp3) is 0. The fourth-order valence-corrected chi connectivity index (χ4v) is 4.01. The van der Waals surface area contributed by atoms with Gasteiger partial charge in [0, 0.05) is 22.8 Å². The first-order valence-electron chi connectivity index (χ1n) is 7.95. The molecule has 9 heteroatoms. The second-order valence-electron chi connectivity index (χ2n) is 6.04. The number of hydrogen-bond acceptors (Lipinski definition) is 6. The van der Waals surface area contributed by atoms with Gasteiger partial charge in [0.05, 0.1) is 10.3 Å². The van der Waals surface area contributed by atoms with E-state index in [-0.39, 0.29) is 38.3 Å². The van der Waals surface area contributed by atoms with Crippen LogP contribution in [0.3, 0.4) is 0 Å². The van der Waals surface area contributed by atoms with Crippen molar-refractivity contribution in [3.63, 3.8) is 0 Å². The Morgan fingerprint density at radius 2 is 1.64 bits per heavy atom. The van der Waals surface area contributed by atoms with E-state index in [2.05, 4.69) is 4.72 Å². The number of fused-ring (bicyclic) bond motifs is 2. The lowest BCUT2D eigenvalue weighted by molar-refractivity contribution is 0.453. The Morgan fingerprint density at radius 1 is 0.929 bits per heavy atom. The smallest absolute Gasteiger partial charge is 0.261 e. The molecule has 0 aliphatic carbocycles. The van der Waals surface area contributed by atoms with E-state index in [0.717, 1.165) is 6.07 Å². The van der Waals surface area contributed by atoms with Crippen molar-refractivity contribution in [2.75, 3.05) is 4.72 Å². The van der Waals surface area contributed by atoms with Crippen molar-refractivity contribution in [3.05, 3.63) is 69.8 Å². The van der Waals surface area contributed by atoms with Gasteiger partial charge in [0.1, 0.15) is 28.1 Å². The maximum absolute atomic E-state index is 12.8. The first-order chi connectivity index (χ1) is 13.2. The standard InChI is InChI=1S/C19H12ClNO6S/c20-10-1-4-13(5-2-10)28(25,26)21-11-3-6-16-14(7-11)19(24)18-15(23)8-12(22)9-17(18)27-16/h1-9,21-23H. The number of anilines is 1. The summed E-state index contributed by atoms with van der Waals surface area (Å²) in [5.41, 5.74) is -0.213. The van der Waals surface area contributed by atoms with Crippen LogP contribution in [0.2, 0.25) is 5.02 Å². The Morgan fingerprint density at radius 3 is 2.36 bits per heavy atom. The molecule has 0 aliphatic heterocycles. The molecular weight excluding hydrogens is 406 g/mol. The average Bonchev–Trinajstić information content (AvgIpc) is 2.62. The lowest BCUT2D eigenvalue weighted by Gasteiger charge is -2.09. The Labute approximate surface area is 163 Å². The molecule has 0 bridgehead atoms. The van der Waals surface area contributed by atoms with Crippen LogP contribution in [0.4, 0.5) is 5.69 Å². The van der Waals surface area contributed by atoms with E-state index in [0.29, 0.717) is 5.02 Å². The number of phenolic OH excluding ortho intramolecular Hbond substituents is 2. The molecule has 28 heavy (non-hydrogen) atoms. The molecule has 142 valence electrons. The second kappa shape index (κ2) is 6.43. The van der Waals surface area contributed by atoms with E-state index in [9.17, 15) is 23.4 Å². The van der Waals surface area contributed by atoms with Crippen LogP contribution in [-0.2, 0) is 10.0 Å². The highest BCUT2D eigenvalue weighted by atomic mass is 35.5. The molecule has 1 aromatic heterocycles. The molecule has 4 aromatic rings. The zero-order valence-corrected chi connectivity index (χ0v) is 15.6. The Hall–Kier alpha value is -3.23. The molecule has 0 atom stereocenters. The Bertz CT molecular complexity index is 1390.